The first-order valence-electron chi connectivity index (χ1n) is 8.43. The number of carbonyl (C=O) groups is 2. The van der Waals surface area contributed by atoms with Crippen molar-refractivity contribution in [2.24, 2.45) is 0 Å². The van der Waals surface area contributed by atoms with E-state index in [0.29, 0.717) is 28.0 Å². The van der Waals surface area contributed by atoms with Crippen molar-refractivity contribution in [3.63, 3.8) is 0 Å². The van der Waals surface area contributed by atoms with Crippen LogP contribution in [0.25, 0.3) is 16.8 Å². The quantitative estimate of drug-likeness (QED) is 0.472. The van der Waals surface area contributed by atoms with Crippen LogP contribution in [0, 0.1) is 0 Å². The number of amides is 3. The highest BCUT2D eigenvalue weighted by molar-refractivity contribution is 6.37. The fraction of sp³-hybridized carbons (Fsp3) is 0.0476. The number of hydrogen-bond donors (Lipinski definition) is 2. The van der Waals surface area contributed by atoms with Gasteiger partial charge in [-0.2, -0.15) is 0 Å². The Hall–Kier alpha value is -3.02. The zero-order valence-corrected chi connectivity index (χ0v) is 16.0. The lowest BCUT2D eigenvalue weighted by Crippen LogP contribution is -2.22. The van der Waals surface area contributed by atoms with E-state index in [4.69, 9.17) is 27.9 Å². The molecule has 0 radical (unpaired) electrons. The maximum atomic E-state index is 11.6. The van der Waals surface area contributed by atoms with E-state index in [1.54, 1.807) is 12.1 Å². The van der Waals surface area contributed by atoms with Crippen molar-refractivity contribution in [3.05, 3.63) is 81.5 Å². The molecular weight excluding hydrogens is 399 g/mol. The first-order valence-corrected chi connectivity index (χ1v) is 9.19. The van der Waals surface area contributed by atoms with Gasteiger partial charge in [0.1, 0.15) is 12.3 Å². The molecule has 28 heavy (non-hydrogen) atoms. The molecule has 1 aliphatic rings. The van der Waals surface area contributed by atoms with E-state index >= 15 is 0 Å². The summed E-state index contributed by atoms with van der Waals surface area (Å²) in [5.74, 6) is -0.146. The lowest BCUT2D eigenvalue weighted by Gasteiger charge is -2.12. The summed E-state index contributed by atoms with van der Waals surface area (Å²) in [5, 5.41) is 7.44. The van der Waals surface area contributed by atoms with Crippen LogP contribution >= 0.6 is 23.2 Å². The van der Waals surface area contributed by atoms with Crippen molar-refractivity contribution in [1.82, 2.24) is 10.6 Å². The molecule has 0 bridgehead atoms. The van der Waals surface area contributed by atoms with Crippen LogP contribution in [0.2, 0.25) is 10.0 Å². The van der Waals surface area contributed by atoms with Crippen LogP contribution < -0.4 is 15.4 Å². The lowest BCUT2D eigenvalue weighted by atomic mass is 10.1. The summed E-state index contributed by atoms with van der Waals surface area (Å²) in [7, 11) is 0. The van der Waals surface area contributed by atoms with Crippen molar-refractivity contribution in [2.45, 2.75) is 6.61 Å². The van der Waals surface area contributed by atoms with Gasteiger partial charge in [-0.1, -0.05) is 59.6 Å². The molecule has 2 N–H and O–H groups in total. The van der Waals surface area contributed by atoms with Gasteiger partial charge < -0.3 is 10.1 Å². The topological polar surface area (TPSA) is 67.4 Å². The van der Waals surface area contributed by atoms with Crippen LogP contribution in [0.4, 0.5) is 4.79 Å². The van der Waals surface area contributed by atoms with Gasteiger partial charge in [-0.05, 0) is 46.2 Å². The summed E-state index contributed by atoms with van der Waals surface area (Å²) in [6.45, 7) is 0.309. The molecule has 5 nitrogen and oxygen atoms in total. The van der Waals surface area contributed by atoms with Gasteiger partial charge in [0.25, 0.3) is 5.91 Å². The number of halogens is 2. The molecule has 3 amide bonds. The van der Waals surface area contributed by atoms with Gasteiger partial charge >= 0.3 is 6.03 Å². The molecule has 0 unspecified atom stereocenters. The van der Waals surface area contributed by atoms with Crippen LogP contribution in [-0.4, -0.2) is 11.9 Å². The molecule has 1 aliphatic heterocycles. The Labute approximate surface area is 170 Å². The molecule has 3 aromatic rings. The maximum absolute atomic E-state index is 11.6. The van der Waals surface area contributed by atoms with Crippen LogP contribution in [0.3, 0.4) is 0 Å². The van der Waals surface area contributed by atoms with Crippen molar-refractivity contribution in [3.8, 4) is 5.75 Å². The van der Waals surface area contributed by atoms with Crippen molar-refractivity contribution in [1.29, 1.82) is 0 Å². The van der Waals surface area contributed by atoms with Crippen molar-refractivity contribution >= 4 is 52.0 Å². The highest BCUT2D eigenvalue weighted by atomic mass is 35.5. The van der Waals surface area contributed by atoms with Gasteiger partial charge in [0.2, 0.25) is 0 Å². The summed E-state index contributed by atoms with van der Waals surface area (Å²) in [6, 6.07) is 16.8. The normalized spacial score (nSPS) is 15.0. The van der Waals surface area contributed by atoms with Gasteiger partial charge in [0.15, 0.2) is 5.75 Å². The summed E-state index contributed by atoms with van der Waals surface area (Å²) in [5.41, 5.74) is 1.68. The molecule has 0 aliphatic carbocycles. The molecule has 0 saturated carbocycles. The number of hydrogen-bond acceptors (Lipinski definition) is 3. The number of fused-ring (bicyclic) bond motifs is 1. The predicted octanol–water partition coefficient (Wildman–Crippen LogP) is 4.91. The zero-order chi connectivity index (χ0) is 19.7. The number of nitrogens with one attached hydrogen (secondary N) is 2. The number of ether oxygens (including phenoxy) is 1. The van der Waals surface area contributed by atoms with E-state index in [9.17, 15) is 9.59 Å². The number of carbonyl (C=O) groups excluding carboxylic acids is 2. The second kappa shape index (κ2) is 7.54. The molecule has 140 valence electrons. The summed E-state index contributed by atoms with van der Waals surface area (Å²) in [6.07, 6.45) is 1.49. The molecule has 0 spiro atoms. The van der Waals surface area contributed by atoms with E-state index in [1.807, 2.05) is 36.4 Å². The monoisotopic (exact) mass is 412 g/mol. The van der Waals surface area contributed by atoms with E-state index in [1.165, 1.54) is 6.08 Å². The van der Waals surface area contributed by atoms with Gasteiger partial charge in [0, 0.05) is 0 Å². The molecule has 1 saturated heterocycles. The van der Waals surface area contributed by atoms with E-state index < -0.39 is 11.9 Å². The molecule has 4 rings (SSSR count). The van der Waals surface area contributed by atoms with Gasteiger partial charge in [-0.15, -0.1) is 0 Å². The van der Waals surface area contributed by atoms with E-state index in [2.05, 4.69) is 16.7 Å². The predicted molar refractivity (Wildman–Crippen MR) is 109 cm³/mol. The third kappa shape index (κ3) is 3.81. The van der Waals surface area contributed by atoms with Gasteiger partial charge in [-0.3, -0.25) is 10.1 Å². The van der Waals surface area contributed by atoms with E-state index in [0.717, 1.165) is 16.3 Å². The lowest BCUT2D eigenvalue weighted by molar-refractivity contribution is -0.115. The van der Waals surface area contributed by atoms with Crippen LogP contribution in [-0.2, 0) is 11.4 Å². The summed E-state index contributed by atoms with van der Waals surface area (Å²) < 4.78 is 5.83. The fourth-order valence-corrected chi connectivity index (χ4v) is 3.55. The minimum absolute atomic E-state index is 0.127. The van der Waals surface area contributed by atoms with Gasteiger partial charge in [-0.25, -0.2) is 4.79 Å². The van der Waals surface area contributed by atoms with Crippen LogP contribution in [0.1, 0.15) is 11.1 Å². The number of imide groups is 1. The fourth-order valence-electron chi connectivity index (χ4n) is 2.93. The Kier molecular flexibility index (Phi) is 4.94. The average Bonchev–Trinajstić information content (AvgIpc) is 2.97. The average molecular weight is 413 g/mol. The Morgan fingerprint density at radius 1 is 0.893 bits per heavy atom. The van der Waals surface area contributed by atoms with Gasteiger partial charge in [0.05, 0.1) is 10.0 Å². The number of urea groups is 1. The number of rotatable bonds is 4. The Balaban J connectivity index is 1.54. The molecule has 1 heterocycles. The van der Waals surface area contributed by atoms with Crippen molar-refractivity contribution in [2.75, 3.05) is 0 Å². The van der Waals surface area contributed by atoms with Crippen molar-refractivity contribution < 1.29 is 14.3 Å². The Bertz CT molecular complexity index is 1120. The zero-order valence-electron chi connectivity index (χ0n) is 14.5. The van der Waals surface area contributed by atoms with Crippen LogP contribution in [0.5, 0.6) is 5.75 Å². The largest absolute Gasteiger partial charge is 0.486 e. The highest BCUT2D eigenvalue weighted by Crippen LogP contribution is 2.35. The minimum atomic E-state index is -0.566. The number of benzene rings is 3. The molecule has 0 atom stereocenters. The maximum Gasteiger partial charge on any atom is 0.326 e. The third-order valence-electron chi connectivity index (χ3n) is 4.25. The van der Waals surface area contributed by atoms with Crippen LogP contribution in [0.15, 0.2) is 60.3 Å². The SMILES string of the molecule is O=C1NC(=O)/C(=C\c2cc(Cl)c(OCc3ccc4ccccc4c3)c(Cl)c2)N1. The summed E-state index contributed by atoms with van der Waals surface area (Å²) >= 11 is 12.6. The third-order valence-corrected chi connectivity index (χ3v) is 4.81. The minimum Gasteiger partial charge on any atom is -0.486 e. The first kappa shape index (κ1) is 18.3. The molecule has 0 aromatic heterocycles. The molecular formula is C21H14Cl2N2O3. The highest BCUT2D eigenvalue weighted by Gasteiger charge is 2.23. The smallest absolute Gasteiger partial charge is 0.326 e. The first-order chi connectivity index (χ1) is 13.5. The standard InChI is InChI=1S/C21H14Cl2N2O3/c22-16-8-13(10-18-20(26)25-21(27)24-18)9-17(23)19(16)28-11-12-5-6-14-3-1-2-4-15(14)7-12/h1-10H,11H2,(H2,24,25,26,27)/b18-10+. The second-order valence-electron chi connectivity index (χ2n) is 6.25. The Morgan fingerprint density at radius 2 is 1.61 bits per heavy atom. The molecule has 1 fully saturated rings. The second-order valence-corrected chi connectivity index (χ2v) is 7.06. The Morgan fingerprint density at radius 3 is 2.29 bits per heavy atom. The molecule has 7 heteroatoms. The summed E-state index contributed by atoms with van der Waals surface area (Å²) in [4.78, 5) is 22.8. The molecule has 3 aromatic carbocycles. The van der Waals surface area contributed by atoms with E-state index in [-0.39, 0.29) is 5.70 Å².